The summed E-state index contributed by atoms with van der Waals surface area (Å²) in [6, 6.07) is 7.91. The minimum atomic E-state index is -5.37. The SMILES string of the molecule is O=C(N=S(=O)(c1ccc(Cl)cc1)C(F)(F)F)c1ccc(-c2noc(C(F)(F)F)n2)cc1. The largest absolute Gasteiger partial charge is 0.484 e. The fourth-order valence-corrected chi connectivity index (χ4v) is 3.69. The summed E-state index contributed by atoms with van der Waals surface area (Å²) in [6.07, 6.45) is -4.86. The van der Waals surface area contributed by atoms with E-state index in [1.165, 1.54) is 0 Å². The van der Waals surface area contributed by atoms with Crippen molar-refractivity contribution in [2.24, 2.45) is 4.36 Å². The van der Waals surface area contributed by atoms with Gasteiger partial charge in [-0.2, -0.15) is 31.3 Å². The first-order valence-corrected chi connectivity index (χ1v) is 9.85. The molecule has 0 aliphatic carbocycles. The van der Waals surface area contributed by atoms with Gasteiger partial charge in [0.2, 0.25) is 5.82 Å². The molecule has 2 aromatic carbocycles. The Balaban J connectivity index is 1.96. The number of aromatic nitrogens is 2. The molecule has 0 radical (unpaired) electrons. The lowest BCUT2D eigenvalue weighted by molar-refractivity contribution is -0.159. The van der Waals surface area contributed by atoms with Crippen LogP contribution in [0.15, 0.2) is 62.3 Å². The molecule has 0 bridgehead atoms. The van der Waals surface area contributed by atoms with E-state index in [0.717, 1.165) is 48.5 Å². The first-order valence-electron chi connectivity index (χ1n) is 7.96. The van der Waals surface area contributed by atoms with Crippen LogP contribution in [0.1, 0.15) is 16.2 Å². The van der Waals surface area contributed by atoms with Gasteiger partial charge in [0.1, 0.15) is 0 Å². The third kappa shape index (κ3) is 4.71. The van der Waals surface area contributed by atoms with Crippen molar-refractivity contribution in [2.45, 2.75) is 16.6 Å². The van der Waals surface area contributed by atoms with Gasteiger partial charge in [0.25, 0.3) is 5.91 Å². The lowest BCUT2D eigenvalue weighted by Gasteiger charge is -2.13. The fourth-order valence-electron chi connectivity index (χ4n) is 2.24. The molecule has 0 N–H and O–H groups in total. The molecule has 31 heavy (non-hydrogen) atoms. The number of hydrogen-bond acceptors (Lipinski definition) is 5. The zero-order chi connectivity index (χ0) is 23.0. The predicted molar refractivity (Wildman–Crippen MR) is 95.4 cm³/mol. The number of halogens is 7. The molecule has 0 saturated carbocycles. The molecule has 0 fully saturated rings. The molecule has 1 amide bonds. The van der Waals surface area contributed by atoms with Crippen molar-refractivity contribution in [2.75, 3.05) is 0 Å². The second-order valence-electron chi connectivity index (χ2n) is 5.82. The normalized spacial score (nSPS) is 14.2. The lowest BCUT2D eigenvalue weighted by Crippen LogP contribution is -2.24. The van der Waals surface area contributed by atoms with E-state index in [-0.39, 0.29) is 10.6 Å². The third-order valence-electron chi connectivity index (χ3n) is 3.72. The molecule has 0 aliphatic heterocycles. The molecule has 0 saturated heterocycles. The highest BCUT2D eigenvalue weighted by Crippen LogP contribution is 2.34. The summed E-state index contributed by atoms with van der Waals surface area (Å²) < 4.78 is 97.6. The summed E-state index contributed by atoms with van der Waals surface area (Å²) in [5.74, 6) is -3.50. The Kier molecular flexibility index (Phi) is 5.84. The molecular weight excluding hydrogens is 476 g/mol. The number of carbonyl (C=O) groups is 1. The Morgan fingerprint density at radius 1 is 0.968 bits per heavy atom. The van der Waals surface area contributed by atoms with Gasteiger partial charge in [-0.25, -0.2) is 4.21 Å². The Morgan fingerprint density at radius 2 is 1.55 bits per heavy atom. The topological polar surface area (TPSA) is 85.4 Å². The maximum atomic E-state index is 13.5. The van der Waals surface area contributed by atoms with Crippen LogP contribution in [0.25, 0.3) is 11.4 Å². The highest BCUT2D eigenvalue weighted by molar-refractivity contribution is 7.94. The summed E-state index contributed by atoms with van der Waals surface area (Å²) in [6.45, 7) is 0. The van der Waals surface area contributed by atoms with Crippen LogP contribution >= 0.6 is 11.6 Å². The predicted octanol–water partition coefficient (Wildman–Crippen LogP) is 5.60. The van der Waals surface area contributed by atoms with Crippen LogP contribution < -0.4 is 0 Å². The monoisotopic (exact) mass is 483 g/mol. The highest BCUT2D eigenvalue weighted by atomic mass is 35.5. The number of hydrogen-bond donors (Lipinski definition) is 0. The molecule has 164 valence electrons. The molecule has 6 nitrogen and oxygen atoms in total. The molecule has 3 rings (SSSR count). The smallest absolute Gasteiger partial charge is 0.329 e. The van der Waals surface area contributed by atoms with E-state index < -0.39 is 49.5 Å². The van der Waals surface area contributed by atoms with Gasteiger partial charge in [0.15, 0.2) is 9.73 Å². The highest BCUT2D eigenvalue weighted by Gasteiger charge is 2.45. The van der Waals surface area contributed by atoms with Gasteiger partial charge in [-0.05, 0) is 36.4 Å². The fraction of sp³-hybridized carbons (Fsp3) is 0.118. The number of alkyl halides is 6. The Bertz CT molecular complexity index is 1230. The van der Waals surface area contributed by atoms with Crippen molar-refractivity contribution in [3.63, 3.8) is 0 Å². The quantitative estimate of drug-likeness (QED) is 0.453. The number of benzene rings is 2. The van der Waals surface area contributed by atoms with Gasteiger partial charge < -0.3 is 4.52 Å². The van der Waals surface area contributed by atoms with E-state index in [0.29, 0.717) is 0 Å². The van der Waals surface area contributed by atoms with Crippen LogP contribution in [-0.2, 0) is 15.9 Å². The van der Waals surface area contributed by atoms with Crippen LogP contribution in [0.3, 0.4) is 0 Å². The van der Waals surface area contributed by atoms with Gasteiger partial charge in [0.05, 0.1) is 4.90 Å². The number of amides is 1. The maximum absolute atomic E-state index is 13.5. The van der Waals surface area contributed by atoms with Crippen LogP contribution in [0, 0.1) is 0 Å². The molecule has 1 unspecified atom stereocenters. The van der Waals surface area contributed by atoms with Crippen molar-refractivity contribution < 1.29 is 39.9 Å². The van der Waals surface area contributed by atoms with Crippen LogP contribution in [0.5, 0.6) is 0 Å². The summed E-state index contributed by atoms with van der Waals surface area (Å²) in [5, 5.41) is 3.23. The molecule has 14 heteroatoms. The Labute approximate surface area is 175 Å². The minimum absolute atomic E-state index is 0.00921. The summed E-state index contributed by atoms with van der Waals surface area (Å²) in [4.78, 5) is 14.6. The zero-order valence-electron chi connectivity index (χ0n) is 14.7. The lowest BCUT2D eigenvalue weighted by atomic mass is 10.1. The van der Waals surface area contributed by atoms with Crippen molar-refractivity contribution in [1.82, 2.24) is 10.1 Å². The average molecular weight is 484 g/mol. The first-order chi connectivity index (χ1) is 14.3. The standard InChI is InChI=1S/C17H8ClF6N3O3S/c18-11-5-7-12(8-6-11)31(29,17(22,23)24)27-14(28)10-3-1-9(2-4-10)13-25-15(30-26-13)16(19,20)21/h1-8H. The Morgan fingerprint density at radius 3 is 2.03 bits per heavy atom. The van der Waals surface area contributed by atoms with E-state index in [4.69, 9.17) is 11.6 Å². The maximum Gasteiger partial charge on any atom is 0.484 e. The molecule has 0 aliphatic rings. The third-order valence-corrected chi connectivity index (χ3v) is 5.93. The van der Waals surface area contributed by atoms with E-state index in [2.05, 4.69) is 19.0 Å². The van der Waals surface area contributed by atoms with Crippen molar-refractivity contribution >= 4 is 27.2 Å². The van der Waals surface area contributed by atoms with Crippen LogP contribution in [-0.4, -0.2) is 25.8 Å². The van der Waals surface area contributed by atoms with Gasteiger partial charge in [-0.1, -0.05) is 28.9 Å². The zero-order valence-corrected chi connectivity index (χ0v) is 16.3. The van der Waals surface area contributed by atoms with Gasteiger partial charge >= 0.3 is 17.6 Å². The molecule has 1 heterocycles. The van der Waals surface area contributed by atoms with Crippen molar-refractivity contribution in [1.29, 1.82) is 0 Å². The first kappa shape index (κ1) is 22.7. The van der Waals surface area contributed by atoms with Crippen LogP contribution in [0.4, 0.5) is 26.3 Å². The second kappa shape index (κ2) is 7.96. The number of nitrogens with zero attached hydrogens (tertiary/aromatic N) is 3. The van der Waals surface area contributed by atoms with Gasteiger partial charge in [-0.3, -0.25) is 4.79 Å². The summed E-state index contributed by atoms with van der Waals surface area (Å²) >= 11 is 5.62. The summed E-state index contributed by atoms with van der Waals surface area (Å²) in [5.41, 5.74) is -5.77. The van der Waals surface area contributed by atoms with Crippen LogP contribution in [0.2, 0.25) is 5.02 Å². The van der Waals surface area contributed by atoms with E-state index >= 15 is 0 Å². The van der Waals surface area contributed by atoms with Gasteiger partial charge in [0, 0.05) is 16.1 Å². The molecular formula is C17H8ClF6N3O3S. The molecule has 1 atom stereocenters. The average Bonchev–Trinajstić information content (AvgIpc) is 3.18. The van der Waals surface area contributed by atoms with Gasteiger partial charge in [-0.15, -0.1) is 4.36 Å². The summed E-state index contributed by atoms with van der Waals surface area (Å²) in [7, 11) is -5.17. The minimum Gasteiger partial charge on any atom is -0.329 e. The van der Waals surface area contributed by atoms with Crippen molar-refractivity contribution in [3.8, 4) is 11.4 Å². The molecule has 1 aromatic heterocycles. The molecule has 0 spiro atoms. The van der Waals surface area contributed by atoms with E-state index in [1.807, 2.05) is 0 Å². The second-order valence-corrected chi connectivity index (χ2v) is 8.43. The molecule has 3 aromatic rings. The Hall–Kier alpha value is -2.93. The number of rotatable bonds is 3. The van der Waals surface area contributed by atoms with E-state index in [9.17, 15) is 35.3 Å². The van der Waals surface area contributed by atoms with E-state index in [1.54, 1.807) is 0 Å². The van der Waals surface area contributed by atoms with Crippen molar-refractivity contribution in [3.05, 3.63) is 65.0 Å². The number of carbonyl (C=O) groups excluding carboxylic acids is 1.